The Morgan fingerprint density at radius 3 is 2.92 bits per heavy atom. The van der Waals surface area contributed by atoms with E-state index in [-0.39, 0.29) is 4.83 Å². The van der Waals surface area contributed by atoms with Gasteiger partial charge in [-0.05, 0) is 18.9 Å². The molecule has 0 radical (unpaired) electrons. The van der Waals surface area contributed by atoms with E-state index in [1.807, 2.05) is 25.1 Å². The first-order chi connectivity index (χ1) is 5.72. The number of aryl methyl sites for hydroxylation is 1. The van der Waals surface area contributed by atoms with Gasteiger partial charge in [-0.3, -0.25) is 0 Å². The van der Waals surface area contributed by atoms with Gasteiger partial charge in [-0.15, -0.1) is 0 Å². The van der Waals surface area contributed by atoms with Crippen molar-refractivity contribution in [2.24, 2.45) is 0 Å². The van der Waals surface area contributed by atoms with Crippen LogP contribution in [0.4, 0.5) is 0 Å². The molecular weight excluding hydrogens is 216 g/mol. The van der Waals surface area contributed by atoms with Gasteiger partial charge in [-0.25, -0.2) is 0 Å². The van der Waals surface area contributed by atoms with E-state index in [2.05, 4.69) is 22.0 Å². The molecule has 1 aromatic carbocycles. The van der Waals surface area contributed by atoms with Crippen LogP contribution in [0.3, 0.4) is 0 Å². The monoisotopic (exact) mass is 226 g/mol. The van der Waals surface area contributed by atoms with Crippen molar-refractivity contribution in [3.63, 3.8) is 0 Å². The minimum absolute atomic E-state index is 0.0562. The maximum Gasteiger partial charge on any atom is 0.133 e. The highest BCUT2D eigenvalue weighted by molar-refractivity contribution is 9.09. The molecule has 64 valence electrons. The SMILES string of the molecule is Cc1cccc(CC(Br)C=O)c1. The van der Waals surface area contributed by atoms with E-state index in [4.69, 9.17) is 0 Å². The summed E-state index contributed by atoms with van der Waals surface area (Å²) < 4.78 is 0. The Bertz CT molecular complexity index is 270. The lowest BCUT2D eigenvalue weighted by Crippen LogP contribution is -2.03. The number of hydrogen-bond donors (Lipinski definition) is 0. The first-order valence-corrected chi connectivity index (χ1v) is 4.79. The number of alkyl halides is 1. The predicted molar refractivity (Wildman–Crippen MR) is 53.7 cm³/mol. The van der Waals surface area contributed by atoms with Crippen molar-refractivity contribution in [3.8, 4) is 0 Å². The average Bonchev–Trinajstić information content (AvgIpc) is 2.04. The zero-order valence-corrected chi connectivity index (χ0v) is 8.54. The van der Waals surface area contributed by atoms with Crippen LogP contribution in [0.2, 0.25) is 0 Å². The third-order valence-electron chi connectivity index (χ3n) is 1.66. The van der Waals surface area contributed by atoms with E-state index in [9.17, 15) is 4.79 Å². The van der Waals surface area contributed by atoms with Crippen LogP contribution in [0.15, 0.2) is 24.3 Å². The third-order valence-corrected chi connectivity index (χ3v) is 2.20. The van der Waals surface area contributed by atoms with Crippen LogP contribution in [-0.4, -0.2) is 11.1 Å². The fourth-order valence-electron chi connectivity index (χ4n) is 1.11. The minimum atomic E-state index is -0.0562. The van der Waals surface area contributed by atoms with Crippen LogP contribution >= 0.6 is 15.9 Å². The van der Waals surface area contributed by atoms with Crippen molar-refractivity contribution >= 4 is 22.2 Å². The molecule has 0 heterocycles. The molecular formula is C10H11BrO. The van der Waals surface area contributed by atoms with E-state index in [0.717, 1.165) is 12.7 Å². The van der Waals surface area contributed by atoms with Crippen LogP contribution in [0.25, 0.3) is 0 Å². The summed E-state index contributed by atoms with van der Waals surface area (Å²) in [5.41, 5.74) is 2.43. The average molecular weight is 227 g/mol. The summed E-state index contributed by atoms with van der Waals surface area (Å²) in [5.74, 6) is 0. The molecule has 1 nitrogen and oxygen atoms in total. The van der Waals surface area contributed by atoms with Gasteiger partial charge in [-0.2, -0.15) is 0 Å². The van der Waals surface area contributed by atoms with Gasteiger partial charge in [0, 0.05) is 0 Å². The van der Waals surface area contributed by atoms with Crippen molar-refractivity contribution in [2.45, 2.75) is 18.2 Å². The smallest absolute Gasteiger partial charge is 0.133 e. The van der Waals surface area contributed by atoms with Crippen molar-refractivity contribution in [1.29, 1.82) is 0 Å². The second-order valence-corrected chi connectivity index (χ2v) is 4.02. The number of benzene rings is 1. The highest BCUT2D eigenvalue weighted by Crippen LogP contribution is 2.09. The van der Waals surface area contributed by atoms with Crippen molar-refractivity contribution in [1.82, 2.24) is 0 Å². The summed E-state index contributed by atoms with van der Waals surface area (Å²) in [7, 11) is 0. The summed E-state index contributed by atoms with van der Waals surface area (Å²) in [5, 5.41) is 0. The number of rotatable bonds is 3. The van der Waals surface area contributed by atoms with E-state index in [0.29, 0.717) is 0 Å². The van der Waals surface area contributed by atoms with Crippen LogP contribution < -0.4 is 0 Å². The third kappa shape index (κ3) is 2.78. The lowest BCUT2D eigenvalue weighted by Gasteiger charge is -2.02. The van der Waals surface area contributed by atoms with E-state index < -0.39 is 0 Å². The Hall–Kier alpha value is -0.630. The Labute approximate surface area is 80.9 Å². The van der Waals surface area contributed by atoms with Gasteiger partial charge in [0.1, 0.15) is 6.29 Å². The molecule has 1 aromatic rings. The molecule has 1 rings (SSSR count). The second-order valence-electron chi connectivity index (χ2n) is 2.85. The summed E-state index contributed by atoms with van der Waals surface area (Å²) in [6, 6.07) is 8.19. The van der Waals surface area contributed by atoms with Crippen molar-refractivity contribution in [3.05, 3.63) is 35.4 Å². The van der Waals surface area contributed by atoms with Crippen molar-refractivity contribution in [2.75, 3.05) is 0 Å². The number of halogens is 1. The molecule has 0 saturated carbocycles. The molecule has 2 heteroatoms. The van der Waals surface area contributed by atoms with Crippen molar-refractivity contribution < 1.29 is 4.79 Å². The lowest BCUT2D eigenvalue weighted by molar-refractivity contribution is -0.107. The molecule has 0 saturated heterocycles. The Morgan fingerprint density at radius 2 is 2.33 bits per heavy atom. The van der Waals surface area contributed by atoms with Gasteiger partial charge in [0.25, 0.3) is 0 Å². The van der Waals surface area contributed by atoms with Crippen LogP contribution in [0.1, 0.15) is 11.1 Å². The summed E-state index contributed by atoms with van der Waals surface area (Å²) in [4.78, 5) is 10.3. The quantitative estimate of drug-likeness (QED) is 0.572. The number of hydrogen-bond acceptors (Lipinski definition) is 1. The Balaban J connectivity index is 2.69. The van der Waals surface area contributed by atoms with Gasteiger partial charge in [-0.1, -0.05) is 45.8 Å². The Morgan fingerprint density at radius 1 is 1.58 bits per heavy atom. The topological polar surface area (TPSA) is 17.1 Å². The highest BCUT2D eigenvalue weighted by atomic mass is 79.9. The number of carbonyl (C=O) groups is 1. The molecule has 0 bridgehead atoms. The van der Waals surface area contributed by atoms with E-state index >= 15 is 0 Å². The largest absolute Gasteiger partial charge is 0.302 e. The molecule has 0 amide bonds. The molecule has 0 aliphatic heterocycles. The predicted octanol–water partition coefficient (Wildman–Crippen LogP) is 2.50. The fraction of sp³-hybridized carbons (Fsp3) is 0.300. The number of carbonyl (C=O) groups excluding carboxylic acids is 1. The van der Waals surface area contributed by atoms with Gasteiger partial charge < -0.3 is 4.79 Å². The molecule has 0 aliphatic carbocycles. The molecule has 0 aromatic heterocycles. The zero-order chi connectivity index (χ0) is 8.97. The maximum atomic E-state index is 10.3. The molecule has 0 N–H and O–H groups in total. The minimum Gasteiger partial charge on any atom is -0.302 e. The molecule has 1 unspecified atom stereocenters. The molecule has 12 heavy (non-hydrogen) atoms. The van der Waals surface area contributed by atoms with Crippen LogP contribution in [0.5, 0.6) is 0 Å². The molecule has 1 atom stereocenters. The Kier molecular flexibility index (Phi) is 3.48. The van der Waals surface area contributed by atoms with Gasteiger partial charge in [0.05, 0.1) is 4.83 Å². The summed E-state index contributed by atoms with van der Waals surface area (Å²) in [6.45, 7) is 2.05. The number of aldehydes is 1. The molecule has 0 spiro atoms. The first kappa shape index (κ1) is 9.46. The fourth-order valence-corrected chi connectivity index (χ4v) is 1.49. The summed E-state index contributed by atoms with van der Waals surface area (Å²) >= 11 is 3.27. The standard InChI is InChI=1S/C10H11BrO/c1-8-3-2-4-9(5-8)6-10(11)7-12/h2-5,7,10H,6H2,1H3. The van der Waals surface area contributed by atoms with Gasteiger partial charge in [0.15, 0.2) is 0 Å². The molecule has 0 fully saturated rings. The first-order valence-electron chi connectivity index (χ1n) is 3.87. The van der Waals surface area contributed by atoms with Gasteiger partial charge in [0.2, 0.25) is 0 Å². The van der Waals surface area contributed by atoms with E-state index in [1.54, 1.807) is 0 Å². The molecule has 0 aliphatic rings. The van der Waals surface area contributed by atoms with Crippen LogP contribution in [-0.2, 0) is 11.2 Å². The lowest BCUT2D eigenvalue weighted by atomic mass is 10.1. The maximum absolute atomic E-state index is 10.3. The van der Waals surface area contributed by atoms with Crippen LogP contribution in [0, 0.1) is 6.92 Å². The zero-order valence-electron chi connectivity index (χ0n) is 6.96. The summed E-state index contributed by atoms with van der Waals surface area (Å²) in [6.07, 6.45) is 1.69. The second kappa shape index (κ2) is 4.41. The highest BCUT2D eigenvalue weighted by Gasteiger charge is 2.02. The van der Waals surface area contributed by atoms with E-state index in [1.165, 1.54) is 11.1 Å². The van der Waals surface area contributed by atoms with Gasteiger partial charge >= 0.3 is 0 Å². The normalized spacial score (nSPS) is 12.5.